The monoisotopic (exact) mass is 2070 g/mol. The quantitative estimate of drug-likeness (QED) is 0.0199. The number of carboxylic acid groups (broad SMARTS) is 3. The lowest BCUT2D eigenvalue weighted by atomic mass is 9.86. The van der Waals surface area contributed by atoms with Gasteiger partial charge in [-0.25, -0.2) is 14.4 Å². The number of ketones is 1. The van der Waals surface area contributed by atoms with Crippen LogP contribution in [0, 0.1) is 5.92 Å². The fourth-order valence-corrected chi connectivity index (χ4v) is 19.0. The van der Waals surface area contributed by atoms with E-state index in [1.54, 1.807) is 6.08 Å². The summed E-state index contributed by atoms with van der Waals surface area (Å²) in [5, 5.41) is 296. The Bertz CT molecular complexity index is 3840. The van der Waals surface area contributed by atoms with Gasteiger partial charge in [0.1, 0.15) is 146 Å². The van der Waals surface area contributed by atoms with Gasteiger partial charge in [0.05, 0.1) is 108 Å². The molecular weight excluding hydrogens is 1910 g/mol. The van der Waals surface area contributed by atoms with E-state index in [-0.39, 0.29) is 6.42 Å². The van der Waals surface area contributed by atoms with Crippen molar-refractivity contribution in [1.29, 1.82) is 0 Å². The number of aliphatic hydroxyl groups excluding tert-OH is 22. The lowest BCUT2D eigenvalue weighted by Crippen LogP contribution is -2.72. The van der Waals surface area contributed by atoms with E-state index in [1.165, 1.54) is 51.0 Å². The fraction of sp³-hybridized carbons (Fsp3) is 0.891. The predicted molar refractivity (Wildman–Crippen MR) is 484 cm³/mol. The smallest absolute Gasteiger partial charge is 0.364 e. The van der Waals surface area contributed by atoms with E-state index < -0.39 is 369 Å². The van der Waals surface area contributed by atoms with Gasteiger partial charge in [-0.3, -0.25) is 19.2 Å². The van der Waals surface area contributed by atoms with E-state index >= 15 is 0 Å². The van der Waals surface area contributed by atoms with Gasteiger partial charge in [0.2, 0.25) is 23.6 Å². The van der Waals surface area contributed by atoms with Gasteiger partial charge < -0.3 is 220 Å². The number of carbonyl (C=O) groups excluding carboxylic acids is 5. The van der Waals surface area contributed by atoms with E-state index in [4.69, 9.17) is 66.3 Å². The Labute approximate surface area is 827 Å². The molecular formula is C92H158N4O47. The number of ether oxygens (including phenoxy) is 14. The number of nitrogens with one attached hydrogen (secondary N) is 4. The highest BCUT2D eigenvalue weighted by atomic mass is 16.8. The number of Topliss-reactive ketones (excluding diaryl/α,β-unsaturated/α-hetero) is 1. The van der Waals surface area contributed by atoms with E-state index in [1.807, 2.05) is 0 Å². The third kappa shape index (κ3) is 34.1. The number of carbonyl (C=O) groups is 8. The first-order valence-electron chi connectivity index (χ1n) is 49.6. The van der Waals surface area contributed by atoms with Crippen LogP contribution in [-0.2, 0) is 105 Å². The molecule has 7 saturated heterocycles. The summed E-state index contributed by atoms with van der Waals surface area (Å²) in [7, 11) is 0. The Morgan fingerprint density at radius 1 is 0.399 bits per heavy atom. The van der Waals surface area contributed by atoms with Crippen LogP contribution < -0.4 is 21.3 Å². The maximum atomic E-state index is 14.7. The van der Waals surface area contributed by atoms with Crippen molar-refractivity contribution in [2.75, 3.05) is 52.9 Å². The van der Waals surface area contributed by atoms with E-state index in [2.05, 4.69) is 35.1 Å². The van der Waals surface area contributed by atoms with Crippen LogP contribution in [0.4, 0.5) is 0 Å². The Morgan fingerprint density at radius 3 is 1.21 bits per heavy atom. The number of amides is 4. The van der Waals surface area contributed by atoms with Gasteiger partial charge in [-0.2, -0.15) is 0 Å². The molecule has 4 amide bonds. The molecule has 29 N–H and O–H groups in total. The number of unbranched alkanes of at least 4 members (excludes halogenated alkanes) is 21. The molecule has 0 aromatic carbocycles. The minimum Gasteiger partial charge on any atom is -0.477 e. The molecule has 7 rings (SSSR count). The van der Waals surface area contributed by atoms with Gasteiger partial charge in [0, 0.05) is 58.8 Å². The van der Waals surface area contributed by atoms with Crippen LogP contribution in [0.3, 0.4) is 0 Å². The highest BCUT2D eigenvalue weighted by Crippen LogP contribution is 2.46. The summed E-state index contributed by atoms with van der Waals surface area (Å²) in [6.45, 7) is -2.22. The van der Waals surface area contributed by atoms with Crippen LogP contribution in [0.25, 0.3) is 0 Å². The summed E-state index contributed by atoms with van der Waals surface area (Å²) in [5.74, 6) is -24.3. The topological polar surface area (TPSA) is 820 Å². The third-order valence-electron chi connectivity index (χ3n) is 26.9. The number of rotatable bonds is 63. The molecule has 0 radical (unpaired) electrons. The van der Waals surface area contributed by atoms with Crippen LogP contribution >= 0.6 is 0 Å². The van der Waals surface area contributed by atoms with Gasteiger partial charge in [-0.15, -0.1) is 0 Å². The van der Waals surface area contributed by atoms with Crippen LogP contribution in [0.5, 0.6) is 0 Å². The lowest BCUT2D eigenvalue weighted by molar-refractivity contribution is -0.407. The third-order valence-corrected chi connectivity index (χ3v) is 26.9. The Hall–Kier alpha value is -5.74. The van der Waals surface area contributed by atoms with Crippen LogP contribution in [0.1, 0.15) is 221 Å². The number of carboxylic acids is 3. The molecule has 0 saturated carbocycles. The largest absolute Gasteiger partial charge is 0.477 e. The molecule has 828 valence electrons. The number of aliphatic hydroxyl groups is 22. The number of hydrogen-bond donors (Lipinski definition) is 29. The van der Waals surface area contributed by atoms with E-state index in [0.717, 1.165) is 118 Å². The molecule has 7 heterocycles. The minimum absolute atomic E-state index is 0.0547. The molecule has 7 aliphatic heterocycles. The van der Waals surface area contributed by atoms with E-state index in [0.29, 0.717) is 12.8 Å². The van der Waals surface area contributed by atoms with Gasteiger partial charge in [0.25, 0.3) is 17.4 Å². The van der Waals surface area contributed by atoms with Crippen molar-refractivity contribution < 1.29 is 232 Å². The zero-order valence-corrected chi connectivity index (χ0v) is 81.6. The Morgan fingerprint density at radius 2 is 0.776 bits per heavy atom. The lowest BCUT2D eigenvalue weighted by Gasteiger charge is -2.53. The zero-order valence-electron chi connectivity index (χ0n) is 81.6. The zero-order chi connectivity index (χ0) is 106. The van der Waals surface area contributed by atoms with Gasteiger partial charge >= 0.3 is 17.9 Å². The molecule has 51 heteroatoms. The fourth-order valence-electron chi connectivity index (χ4n) is 19.0. The van der Waals surface area contributed by atoms with Crippen molar-refractivity contribution in [2.45, 2.75) is 459 Å². The van der Waals surface area contributed by atoms with E-state index in [9.17, 15) is 166 Å². The normalized spacial score (nSPS) is 36.2. The average molecular weight is 2070 g/mol. The van der Waals surface area contributed by atoms with Gasteiger partial charge in [-0.1, -0.05) is 154 Å². The van der Waals surface area contributed by atoms with Crippen molar-refractivity contribution in [2.24, 2.45) is 5.92 Å². The van der Waals surface area contributed by atoms with Crippen molar-refractivity contribution in [3.8, 4) is 0 Å². The van der Waals surface area contributed by atoms with Gasteiger partial charge in [0.15, 0.2) is 25.2 Å². The molecule has 0 bridgehead atoms. The second-order valence-electron chi connectivity index (χ2n) is 38.1. The summed E-state index contributed by atoms with van der Waals surface area (Å²) in [4.78, 5) is 108. The standard InChI is InChI=1S/C92H158N4O47/c1-7-9-11-13-15-17-19-20-22-23-25-27-29-31-51(108)50(96-62(113)32-30-28-26-24-21-18-16-14-12-10-8-2)44-130-84-74(122)72(120)77(60(42-102)133-84)136-86-75(123)82(78(61(43-103)134-86)137-83-49(33-45(3)104)76(68(116)57(39-99)131-83)135-85-73(121)71(119)67(115)56(38-98)132-85)143-92(89(128)129)36-54(111)65(95-48(6)107)81(142-92)70(118)59(41-101)139-91(88(126)127)35-53(110)64(94-47(5)106)80(141-91)69(117)58(40-100)138-90(87(124)125)34-52(109)63(93-46(4)105)79(140-90)66(114)55(112)37-97/h29,31,49-61,63-86,97-103,108-112,114-123H,7-28,30,32-44H2,1-6H3,(H,93,105)(H,94,106)(H,95,107)(H,96,113)(H,124,125)(H,126,127)(H,128,129)/t49-,50+,51-,52+,53+,54+,55-,56-,57-,58-,59-,60-,61-,63-,64-,65-,66-,67+,68+,69-,70-,71+,72-,73-,74-,75-,76-,77-,78+,79?,80?,81?,82-,83+,84-,85+,86+,90-,91-,92+/m1/s1. The molecule has 0 aromatic heterocycles. The summed E-state index contributed by atoms with van der Waals surface area (Å²) >= 11 is 0. The van der Waals surface area contributed by atoms with Crippen molar-refractivity contribution in [1.82, 2.24) is 21.3 Å². The number of aliphatic carboxylic acids is 3. The minimum atomic E-state index is -3.81. The highest BCUT2D eigenvalue weighted by Gasteiger charge is 2.66. The molecule has 0 aromatic rings. The number of allylic oxidation sites excluding steroid dienone is 1. The highest BCUT2D eigenvalue weighted by molar-refractivity contribution is 5.79. The SMILES string of the molecule is CCCCCCCCCCCCCC=C[C@@H](O)[C@H](CO[C@@H]1O[C@H](CO)[C@@H](O[C@@H]2O[C@H](CO)[C@H](O[C@@H]3O[C@H](CO)[C@H](O)[C@H](O[C@@H]4O[C@H](CO)[C@H](O)[C@H](O)[C@H]4O)[C@H]3CC(C)=O)[C@H](O[C@]3(C(=O)O)C[C@H](O)[C@@H](NC(C)=O)C([C@H](O)[C@@H](CO)O[C@]4(C(=O)O)C[C@H](O)[C@@H](NC(C)=O)C([C@H](O)[C@@H](CO)O[C@]5(C(=O)O)C[C@H](O)[C@@H](NC(C)=O)C([C@H](O)[C@H](O)CO)O5)O4)O3)[C@H]2O)[C@H](O)[C@H]1O)NC(=O)CCCCCCCCCCCCC. The second-order valence-corrected chi connectivity index (χ2v) is 38.1. The molecule has 0 spiro atoms. The Balaban J connectivity index is 1.26. The summed E-state index contributed by atoms with van der Waals surface area (Å²) < 4.78 is 84.3. The first-order valence-corrected chi connectivity index (χ1v) is 49.6. The molecule has 51 nitrogen and oxygen atoms in total. The molecule has 7 aliphatic rings. The summed E-state index contributed by atoms with van der Waals surface area (Å²) in [6, 6.07) is -7.45. The van der Waals surface area contributed by atoms with Gasteiger partial charge in [-0.05, 0) is 26.2 Å². The summed E-state index contributed by atoms with van der Waals surface area (Å²) in [6.07, 6.45) is -52.4. The molecule has 0 aliphatic carbocycles. The predicted octanol–water partition coefficient (Wildman–Crippen LogP) is -7.16. The number of hydrogen-bond acceptors (Lipinski definition) is 44. The van der Waals surface area contributed by atoms with Crippen molar-refractivity contribution in [3.63, 3.8) is 0 Å². The van der Waals surface area contributed by atoms with Crippen molar-refractivity contribution in [3.05, 3.63) is 12.2 Å². The summed E-state index contributed by atoms with van der Waals surface area (Å²) in [5.41, 5.74) is 0. The first kappa shape index (κ1) is 124. The van der Waals surface area contributed by atoms with Crippen LogP contribution in [0.15, 0.2) is 12.2 Å². The molecule has 40 atom stereocenters. The van der Waals surface area contributed by atoms with Crippen LogP contribution in [-0.4, -0.2) is 465 Å². The maximum Gasteiger partial charge on any atom is 0.364 e. The molecule has 143 heavy (non-hydrogen) atoms. The second kappa shape index (κ2) is 60.3. The first-order chi connectivity index (χ1) is 67.9. The Kier molecular flexibility index (Phi) is 52.4. The molecule has 7 fully saturated rings. The molecule has 3 unspecified atom stereocenters. The van der Waals surface area contributed by atoms with Crippen molar-refractivity contribution >= 4 is 47.3 Å². The maximum absolute atomic E-state index is 14.7. The average Bonchev–Trinajstić information content (AvgIpc) is 0.741. The van der Waals surface area contributed by atoms with Crippen LogP contribution in [0.2, 0.25) is 0 Å².